The molecule has 2 aromatic rings. The predicted octanol–water partition coefficient (Wildman–Crippen LogP) is 3.50. The number of hydrogen-bond acceptors (Lipinski definition) is 4. The number of benzene rings is 2. The summed E-state index contributed by atoms with van der Waals surface area (Å²) in [7, 11) is 3.26. The second-order valence-electron chi connectivity index (χ2n) is 7.17. The molecule has 6 nitrogen and oxygen atoms in total. The van der Waals surface area contributed by atoms with Crippen LogP contribution in [-0.4, -0.2) is 44.0 Å². The number of methoxy groups -OCH3 is 2. The maximum Gasteiger partial charge on any atom is 0.251 e. The fourth-order valence-electron chi connectivity index (χ4n) is 3.84. The van der Waals surface area contributed by atoms with Crippen molar-refractivity contribution in [2.45, 2.75) is 32.2 Å². The number of nitrogens with zero attached hydrogens (tertiary/aromatic N) is 1. The summed E-state index contributed by atoms with van der Waals surface area (Å²) < 4.78 is 10.9. The molecule has 1 unspecified atom stereocenters. The van der Waals surface area contributed by atoms with E-state index in [1.165, 1.54) is 0 Å². The number of amides is 2. The van der Waals surface area contributed by atoms with Crippen LogP contribution in [-0.2, 0) is 4.79 Å². The average molecular weight is 396 g/mol. The molecule has 0 bridgehead atoms. The Bertz CT molecular complexity index is 881. The first-order valence-corrected chi connectivity index (χ1v) is 9.90. The summed E-state index contributed by atoms with van der Waals surface area (Å²) in [4.78, 5) is 27.1. The number of ether oxygens (including phenoxy) is 2. The molecule has 1 saturated heterocycles. The molecule has 2 amide bonds. The molecule has 29 heavy (non-hydrogen) atoms. The Morgan fingerprint density at radius 1 is 1.14 bits per heavy atom. The van der Waals surface area contributed by atoms with Gasteiger partial charge >= 0.3 is 0 Å². The van der Waals surface area contributed by atoms with Crippen LogP contribution < -0.4 is 14.8 Å². The lowest BCUT2D eigenvalue weighted by Crippen LogP contribution is -2.34. The van der Waals surface area contributed by atoms with Crippen LogP contribution in [0, 0.1) is 6.92 Å². The van der Waals surface area contributed by atoms with E-state index < -0.39 is 0 Å². The quantitative estimate of drug-likeness (QED) is 0.778. The van der Waals surface area contributed by atoms with Gasteiger partial charge in [-0.15, -0.1) is 0 Å². The van der Waals surface area contributed by atoms with E-state index in [1.54, 1.807) is 20.3 Å². The zero-order valence-corrected chi connectivity index (χ0v) is 17.2. The molecule has 1 N–H and O–H groups in total. The normalized spacial score (nSPS) is 15.8. The average Bonchev–Trinajstić information content (AvgIpc) is 3.23. The van der Waals surface area contributed by atoms with Crippen molar-refractivity contribution in [3.63, 3.8) is 0 Å². The summed E-state index contributed by atoms with van der Waals surface area (Å²) >= 11 is 0. The lowest BCUT2D eigenvalue weighted by atomic mass is 10.0. The third-order valence-electron chi connectivity index (χ3n) is 5.38. The lowest BCUT2D eigenvalue weighted by molar-refractivity contribution is -0.132. The van der Waals surface area contributed by atoms with E-state index in [4.69, 9.17) is 9.47 Å². The molecule has 1 aliphatic rings. The minimum Gasteiger partial charge on any atom is -0.497 e. The number of carbonyl (C=O) groups is 2. The van der Waals surface area contributed by atoms with Gasteiger partial charge in [0.2, 0.25) is 5.91 Å². The molecule has 3 rings (SSSR count). The second kappa shape index (κ2) is 9.45. The molecule has 154 valence electrons. The summed E-state index contributed by atoms with van der Waals surface area (Å²) in [5, 5.41) is 2.86. The summed E-state index contributed by atoms with van der Waals surface area (Å²) in [6, 6.07) is 13.0. The molecule has 1 aliphatic heterocycles. The van der Waals surface area contributed by atoms with Crippen LogP contribution in [0.5, 0.6) is 11.5 Å². The SMILES string of the molecule is COc1ccc(OC)c(C2CCCN2C(=O)CCNC(=O)c2ccccc2C)c1. The highest BCUT2D eigenvalue weighted by atomic mass is 16.5. The fourth-order valence-corrected chi connectivity index (χ4v) is 3.84. The third kappa shape index (κ3) is 4.70. The number of rotatable bonds is 7. The predicted molar refractivity (Wildman–Crippen MR) is 111 cm³/mol. The number of aryl methyl sites for hydroxylation is 1. The van der Waals surface area contributed by atoms with Gasteiger partial charge in [0, 0.05) is 30.6 Å². The van der Waals surface area contributed by atoms with Gasteiger partial charge in [0.05, 0.1) is 20.3 Å². The highest BCUT2D eigenvalue weighted by molar-refractivity contribution is 5.95. The van der Waals surface area contributed by atoms with E-state index in [-0.39, 0.29) is 24.3 Å². The zero-order valence-electron chi connectivity index (χ0n) is 17.2. The minimum absolute atomic E-state index is 0.0301. The Balaban J connectivity index is 1.63. The first-order valence-electron chi connectivity index (χ1n) is 9.90. The Hall–Kier alpha value is -3.02. The van der Waals surface area contributed by atoms with Gasteiger partial charge in [0.15, 0.2) is 0 Å². The molecule has 0 aliphatic carbocycles. The smallest absolute Gasteiger partial charge is 0.251 e. The summed E-state index contributed by atoms with van der Waals surface area (Å²) in [5.74, 6) is 1.37. The minimum atomic E-state index is -0.150. The van der Waals surface area contributed by atoms with Crippen LogP contribution >= 0.6 is 0 Å². The summed E-state index contributed by atoms with van der Waals surface area (Å²) in [6.07, 6.45) is 2.08. The van der Waals surface area contributed by atoms with Gasteiger partial charge in [-0.05, 0) is 49.6 Å². The van der Waals surface area contributed by atoms with Gasteiger partial charge in [-0.1, -0.05) is 18.2 Å². The highest BCUT2D eigenvalue weighted by Crippen LogP contribution is 2.39. The Labute approximate surface area is 171 Å². The van der Waals surface area contributed by atoms with E-state index in [0.717, 1.165) is 35.5 Å². The summed E-state index contributed by atoms with van der Waals surface area (Å²) in [5.41, 5.74) is 2.52. The topological polar surface area (TPSA) is 67.9 Å². The molecule has 0 saturated carbocycles. The number of hydrogen-bond donors (Lipinski definition) is 1. The van der Waals surface area contributed by atoms with Crippen molar-refractivity contribution in [1.82, 2.24) is 10.2 Å². The van der Waals surface area contributed by atoms with Crippen LogP contribution in [0.2, 0.25) is 0 Å². The molecule has 6 heteroatoms. The van der Waals surface area contributed by atoms with Crippen LogP contribution in [0.1, 0.15) is 46.8 Å². The fraction of sp³-hybridized carbons (Fsp3) is 0.391. The van der Waals surface area contributed by atoms with E-state index in [1.807, 2.05) is 48.2 Å². The van der Waals surface area contributed by atoms with Crippen molar-refractivity contribution < 1.29 is 19.1 Å². The molecule has 1 fully saturated rings. The second-order valence-corrected chi connectivity index (χ2v) is 7.17. The van der Waals surface area contributed by atoms with Gasteiger partial charge in [0.1, 0.15) is 11.5 Å². The van der Waals surface area contributed by atoms with E-state index in [0.29, 0.717) is 18.7 Å². The van der Waals surface area contributed by atoms with Crippen LogP contribution in [0.3, 0.4) is 0 Å². The Morgan fingerprint density at radius 2 is 1.93 bits per heavy atom. The van der Waals surface area contributed by atoms with Gasteiger partial charge in [0.25, 0.3) is 5.91 Å². The Morgan fingerprint density at radius 3 is 2.66 bits per heavy atom. The van der Waals surface area contributed by atoms with Crippen molar-refractivity contribution in [1.29, 1.82) is 0 Å². The molecular weight excluding hydrogens is 368 g/mol. The number of carbonyl (C=O) groups excluding carboxylic acids is 2. The lowest BCUT2D eigenvalue weighted by Gasteiger charge is -2.27. The van der Waals surface area contributed by atoms with E-state index >= 15 is 0 Å². The van der Waals surface area contributed by atoms with E-state index in [2.05, 4.69) is 5.32 Å². The molecule has 0 radical (unpaired) electrons. The van der Waals surface area contributed by atoms with Gasteiger partial charge in [-0.25, -0.2) is 0 Å². The molecule has 1 heterocycles. The molecule has 0 spiro atoms. The zero-order chi connectivity index (χ0) is 20.8. The van der Waals surface area contributed by atoms with Crippen molar-refractivity contribution >= 4 is 11.8 Å². The van der Waals surface area contributed by atoms with Gasteiger partial charge in [-0.3, -0.25) is 9.59 Å². The van der Waals surface area contributed by atoms with Crippen LogP contribution in [0.15, 0.2) is 42.5 Å². The maximum absolute atomic E-state index is 12.9. The third-order valence-corrected chi connectivity index (χ3v) is 5.38. The largest absolute Gasteiger partial charge is 0.497 e. The highest BCUT2D eigenvalue weighted by Gasteiger charge is 2.31. The molecule has 0 aromatic heterocycles. The monoisotopic (exact) mass is 396 g/mol. The van der Waals surface area contributed by atoms with Gasteiger partial charge < -0.3 is 19.7 Å². The Kier molecular flexibility index (Phi) is 6.75. The standard InChI is InChI=1S/C23H28N2O4/c1-16-7-4-5-8-18(16)23(27)24-13-12-22(26)25-14-6-9-20(25)19-15-17(28-2)10-11-21(19)29-3/h4-5,7-8,10-11,15,20H,6,9,12-14H2,1-3H3,(H,24,27). The van der Waals surface area contributed by atoms with Crippen LogP contribution in [0.25, 0.3) is 0 Å². The maximum atomic E-state index is 12.9. The summed E-state index contributed by atoms with van der Waals surface area (Å²) in [6.45, 7) is 2.91. The van der Waals surface area contributed by atoms with Crippen molar-refractivity contribution in [2.75, 3.05) is 27.3 Å². The first kappa shape index (κ1) is 20.7. The first-order chi connectivity index (χ1) is 14.0. The molecular formula is C23H28N2O4. The van der Waals surface area contributed by atoms with Crippen molar-refractivity contribution in [3.05, 3.63) is 59.2 Å². The van der Waals surface area contributed by atoms with Crippen LogP contribution in [0.4, 0.5) is 0 Å². The van der Waals surface area contributed by atoms with E-state index in [9.17, 15) is 9.59 Å². The number of likely N-dealkylation sites (tertiary alicyclic amines) is 1. The van der Waals surface area contributed by atoms with Crippen molar-refractivity contribution in [3.8, 4) is 11.5 Å². The van der Waals surface area contributed by atoms with Crippen molar-refractivity contribution in [2.24, 2.45) is 0 Å². The van der Waals surface area contributed by atoms with Gasteiger partial charge in [-0.2, -0.15) is 0 Å². The molecule has 1 atom stereocenters. The number of nitrogens with one attached hydrogen (secondary N) is 1. The molecule has 2 aromatic carbocycles.